The minimum Gasteiger partial charge on any atom is -0.454 e. The fourth-order valence-corrected chi connectivity index (χ4v) is 2.08. The lowest BCUT2D eigenvalue weighted by molar-refractivity contribution is 0.468. The topological polar surface area (TPSA) is 39.1 Å². The normalized spacial score (nSPS) is 19.1. The summed E-state index contributed by atoms with van der Waals surface area (Å²) in [6, 6.07) is 6.35. The lowest BCUT2D eigenvalue weighted by Crippen LogP contribution is -2.13. The van der Waals surface area contributed by atoms with Gasteiger partial charge in [0.15, 0.2) is 5.75 Å². The molecule has 1 aliphatic heterocycles. The molecule has 1 aliphatic rings. The molecule has 2 heterocycles. The summed E-state index contributed by atoms with van der Waals surface area (Å²) in [5.41, 5.74) is 0. The van der Waals surface area contributed by atoms with Gasteiger partial charge >= 0.3 is 0 Å². The molecule has 4 nitrogen and oxygen atoms in total. The number of hydrogen-bond donors (Lipinski definition) is 1. The van der Waals surface area contributed by atoms with E-state index in [1.165, 1.54) is 12.1 Å². The number of benzene rings is 1. The van der Waals surface area contributed by atoms with Crippen LogP contribution in [0, 0.1) is 5.82 Å². The van der Waals surface area contributed by atoms with Crippen molar-refractivity contribution in [3.05, 3.63) is 42.5 Å². The number of halogens is 1. The van der Waals surface area contributed by atoms with Crippen LogP contribution in [0.4, 0.5) is 4.39 Å². The summed E-state index contributed by atoms with van der Waals surface area (Å²) in [7, 11) is 0. The van der Waals surface area contributed by atoms with E-state index < -0.39 is 0 Å². The van der Waals surface area contributed by atoms with Crippen LogP contribution in [0.25, 0.3) is 0 Å². The van der Waals surface area contributed by atoms with Crippen LogP contribution >= 0.6 is 0 Å². The van der Waals surface area contributed by atoms with Gasteiger partial charge in [0.25, 0.3) is 0 Å². The maximum atomic E-state index is 12.8. The number of rotatable bonds is 3. The third-order valence-electron chi connectivity index (χ3n) is 3.04. The Labute approximate surface area is 104 Å². The summed E-state index contributed by atoms with van der Waals surface area (Å²) >= 11 is 0. The predicted molar refractivity (Wildman–Crippen MR) is 65.2 cm³/mol. The van der Waals surface area contributed by atoms with Gasteiger partial charge in [0.05, 0.1) is 18.4 Å². The molecule has 1 atom stereocenters. The van der Waals surface area contributed by atoms with Crippen molar-refractivity contribution in [3.8, 4) is 11.5 Å². The second-order valence-electron chi connectivity index (χ2n) is 4.36. The number of aromatic nitrogens is 2. The fourth-order valence-electron chi connectivity index (χ4n) is 2.08. The van der Waals surface area contributed by atoms with E-state index in [0.29, 0.717) is 17.5 Å². The average molecular weight is 247 g/mol. The molecular weight excluding hydrogens is 233 g/mol. The molecule has 1 aromatic carbocycles. The first-order valence-electron chi connectivity index (χ1n) is 5.99. The van der Waals surface area contributed by atoms with Crippen molar-refractivity contribution in [1.29, 1.82) is 0 Å². The van der Waals surface area contributed by atoms with Crippen LogP contribution in [-0.2, 0) is 0 Å². The van der Waals surface area contributed by atoms with Crippen molar-refractivity contribution in [2.45, 2.75) is 12.5 Å². The van der Waals surface area contributed by atoms with E-state index >= 15 is 0 Å². The lowest BCUT2D eigenvalue weighted by Gasteiger charge is -2.07. The van der Waals surface area contributed by atoms with Crippen molar-refractivity contribution >= 4 is 0 Å². The number of ether oxygens (including phenoxy) is 1. The quantitative estimate of drug-likeness (QED) is 0.904. The first-order valence-corrected chi connectivity index (χ1v) is 5.99. The van der Waals surface area contributed by atoms with E-state index in [1.807, 2.05) is 10.9 Å². The Morgan fingerprint density at radius 1 is 1.28 bits per heavy atom. The van der Waals surface area contributed by atoms with Gasteiger partial charge in [0.2, 0.25) is 0 Å². The van der Waals surface area contributed by atoms with Crippen molar-refractivity contribution < 1.29 is 9.13 Å². The first kappa shape index (κ1) is 11.2. The minimum absolute atomic E-state index is 0.268. The number of nitrogens with one attached hydrogen (secondary N) is 1. The average Bonchev–Trinajstić information content (AvgIpc) is 3.02. The monoisotopic (exact) mass is 247 g/mol. The number of nitrogens with zero attached hydrogens (tertiary/aromatic N) is 2. The van der Waals surface area contributed by atoms with Crippen LogP contribution in [-0.4, -0.2) is 22.9 Å². The Kier molecular flexibility index (Phi) is 2.98. The maximum Gasteiger partial charge on any atom is 0.165 e. The SMILES string of the molecule is Fc1ccc(Oc2cnn(C3CCNC3)c2)cc1. The minimum atomic E-state index is -0.268. The molecule has 1 N–H and O–H groups in total. The third kappa shape index (κ3) is 2.36. The molecule has 0 aliphatic carbocycles. The Hall–Kier alpha value is -1.88. The second kappa shape index (κ2) is 4.78. The van der Waals surface area contributed by atoms with Crippen molar-refractivity contribution in [2.24, 2.45) is 0 Å². The van der Waals surface area contributed by atoms with Crippen LogP contribution in [0.1, 0.15) is 12.5 Å². The lowest BCUT2D eigenvalue weighted by atomic mass is 10.3. The number of hydrogen-bond acceptors (Lipinski definition) is 3. The standard InChI is InChI=1S/C13H14FN3O/c14-10-1-3-12(4-2-10)18-13-8-16-17(9-13)11-5-6-15-7-11/h1-4,8-9,11,15H,5-7H2. The predicted octanol–water partition coefficient (Wildman–Crippen LogP) is 2.35. The molecule has 1 unspecified atom stereocenters. The van der Waals surface area contributed by atoms with Crippen LogP contribution in [0.5, 0.6) is 11.5 Å². The zero-order valence-corrected chi connectivity index (χ0v) is 9.84. The van der Waals surface area contributed by atoms with E-state index in [2.05, 4.69) is 10.4 Å². The molecule has 2 aromatic rings. The third-order valence-corrected chi connectivity index (χ3v) is 3.04. The van der Waals surface area contributed by atoms with Gasteiger partial charge < -0.3 is 10.1 Å². The highest BCUT2D eigenvalue weighted by Gasteiger charge is 2.17. The van der Waals surface area contributed by atoms with Crippen molar-refractivity contribution in [3.63, 3.8) is 0 Å². The van der Waals surface area contributed by atoms with Gasteiger partial charge in [-0.2, -0.15) is 5.10 Å². The summed E-state index contributed by atoms with van der Waals surface area (Å²) in [4.78, 5) is 0. The Balaban J connectivity index is 1.71. The highest BCUT2D eigenvalue weighted by atomic mass is 19.1. The summed E-state index contributed by atoms with van der Waals surface area (Å²) in [6.45, 7) is 1.97. The van der Waals surface area contributed by atoms with Gasteiger partial charge in [0, 0.05) is 6.54 Å². The molecule has 3 rings (SSSR count). The van der Waals surface area contributed by atoms with Crippen molar-refractivity contribution in [2.75, 3.05) is 13.1 Å². The van der Waals surface area contributed by atoms with Gasteiger partial charge in [-0.25, -0.2) is 4.39 Å². The molecule has 5 heteroatoms. The Morgan fingerprint density at radius 2 is 2.11 bits per heavy atom. The van der Waals surface area contributed by atoms with Gasteiger partial charge in [-0.3, -0.25) is 4.68 Å². The molecule has 0 radical (unpaired) electrons. The zero-order valence-electron chi connectivity index (χ0n) is 9.84. The summed E-state index contributed by atoms with van der Waals surface area (Å²) in [6.07, 6.45) is 4.64. The Morgan fingerprint density at radius 3 is 2.83 bits per heavy atom. The van der Waals surface area contributed by atoms with E-state index in [1.54, 1.807) is 18.3 Å². The van der Waals surface area contributed by atoms with Crippen LogP contribution in [0.2, 0.25) is 0 Å². The largest absolute Gasteiger partial charge is 0.454 e. The molecule has 0 bridgehead atoms. The zero-order chi connectivity index (χ0) is 12.4. The van der Waals surface area contributed by atoms with Gasteiger partial charge in [-0.1, -0.05) is 0 Å². The molecule has 0 amide bonds. The van der Waals surface area contributed by atoms with Crippen LogP contribution < -0.4 is 10.1 Å². The molecule has 1 fully saturated rings. The highest BCUT2D eigenvalue weighted by molar-refractivity contribution is 5.28. The Bertz CT molecular complexity index is 517. The van der Waals surface area contributed by atoms with E-state index in [9.17, 15) is 4.39 Å². The van der Waals surface area contributed by atoms with Gasteiger partial charge in [0.1, 0.15) is 11.6 Å². The van der Waals surface area contributed by atoms with E-state index in [-0.39, 0.29) is 5.82 Å². The fraction of sp³-hybridized carbons (Fsp3) is 0.308. The maximum absolute atomic E-state index is 12.8. The summed E-state index contributed by atoms with van der Waals surface area (Å²) < 4.78 is 20.3. The van der Waals surface area contributed by atoms with Crippen molar-refractivity contribution in [1.82, 2.24) is 15.1 Å². The summed E-state index contributed by atoms with van der Waals surface area (Å²) in [5, 5.41) is 7.58. The molecule has 94 valence electrons. The molecular formula is C13H14FN3O. The highest BCUT2D eigenvalue weighted by Crippen LogP contribution is 2.23. The van der Waals surface area contributed by atoms with E-state index in [4.69, 9.17) is 4.74 Å². The molecule has 1 saturated heterocycles. The molecule has 0 spiro atoms. The van der Waals surface area contributed by atoms with Gasteiger partial charge in [-0.05, 0) is 37.2 Å². The van der Waals surface area contributed by atoms with Crippen LogP contribution in [0.3, 0.4) is 0 Å². The first-order chi connectivity index (χ1) is 8.81. The second-order valence-corrected chi connectivity index (χ2v) is 4.36. The summed E-state index contributed by atoms with van der Waals surface area (Å²) in [5.74, 6) is 1.02. The smallest absolute Gasteiger partial charge is 0.165 e. The molecule has 0 saturated carbocycles. The molecule has 18 heavy (non-hydrogen) atoms. The van der Waals surface area contributed by atoms with Gasteiger partial charge in [-0.15, -0.1) is 0 Å². The van der Waals surface area contributed by atoms with Crippen LogP contribution in [0.15, 0.2) is 36.7 Å². The molecule has 1 aromatic heterocycles. The van der Waals surface area contributed by atoms with E-state index in [0.717, 1.165) is 19.5 Å².